The fourth-order valence-corrected chi connectivity index (χ4v) is 3.20. The topological polar surface area (TPSA) is 0 Å². The van der Waals surface area contributed by atoms with Crippen molar-refractivity contribution in [2.45, 2.75) is 52.4 Å². The van der Waals surface area contributed by atoms with Crippen LogP contribution in [0.3, 0.4) is 0 Å². The normalized spacial score (nSPS) is 18.5. The lowest BCUT2D eigenvalue weighted by Crippen LogP contribution is -2.25. The maximum atomic E-state index is 6.10. The standard InChI is InChI=1S/C16H23Cl/c1-12(2)16(8-9-16)11-15(3,4)13-6-5-7-14(17)10-13/h5-7,10,12H,8-9,11H2,1-4H3. The van der Waals surface area contributed by atoms with Crippen LogP contribution >= 0.6 is 11.6 Å². The minimum Gasteiger partial charge on any atom is -0.0843 e. The van der Waals surface area contributed by atoms with Crippen molar-refractivity contribution in [3.8, 4) is 0 Å². The summed E-state index contributed by atoms with van der Waals surface area (Å²) in [6.07, 6.45) is 4.07. The summed E-state index contributed by atoms with van der Waals surface area (Å²) in [6, 6.07) is 8.35. The second-order valence-electron chi connectivity index (χ2n) is 6.59. The molecular formula is C16H23Cl. The molecule has 0 nitrogen and oxygen atoms in total. The monoisotopic (exact) mass is 250 g/mol. The lowest BCUT2D eigenvalue weighted by molar-refractivity contribution is 0.264. The number of halogens is 1. The Morgan fingerprint density at radius 2 is 1.94 bits per heavy atom. The van der Waals surface area contributed by atoms with Gasteiger partial charge in [-0.3, -0.25) is 0 Å². The van der Waals surface area contributed by atoms with E-state index in [9.17, 15) is 0 Å². The van der Waals surface area contributed by atoms with Crippen LogP contribution in [0.5, 0.6) is 0 Å². The highest BCUT2D eigenvalue weighted by atomic mass is 35.5. The SMILES string of the molecule is CC(C)C1(CC(C)(C)c2cccc(Cl)c2)CC1. The van der Waals surface area contributed by atoms with Crippen LogP contribution in [0.1, 0.15) is 52.5 Å². The molecule has 94 valence electrons. The summed E-state index contributed by atoms with van der Waals surface area (Å²) >= 11 is 6.10. The molecule has 0 aliphatic heterocycles. The molecule has 2 rings (SSSR count). The van der Waals surface area contributed by atoms with Crippen LogP contribution in [0.15, 0.2) is 24.3 Å². The zero-order valence-corrected chi connectivity index (χ0v) is 12.1. The lowest BCUT2D eigenvalue weighted by atomic mass is 9.72. The van der Waals surface area contributed by atoms with E-state index in [1.54, 1.807) is 0 Å². The van der Waals surface area contributed by atoms with E-state index < -0.39 is 0 Å². The third-order valence-electron chi connectivity index (χ3n) is 4.52. The van der Waals surface area contributed by atoms with Gasteiger partial charge in [0.05, 0.1) is 0 Å². The second-order valence-corrected chi connectivity index (χ2v) is 7.02. The molecule has 1 aromatic carbocycles. The van der Waals surface area contributed by atoms with Gasteiger partial charge in [0.1, 0.15) is 0 Å². The van der Waals surface area contributed by atoms with Gasteiger partial charge in [0.15, 0.2) is 0 Å². The first kappa shape index (κ1) is 13.0. The summed E-state index contributed by atoms with van der Waals surface area (Å²) in [5, 5.41) is 0.852. The van der Waals surface area contributed by atoms with Gasteiger partial charge in [-0.05, 0) is 53.7 Å². The fraction of sp³-hybridized carbons (Fsp3) is 0.625. The van der Waals surface area contributed by atoms with E-state index in [-0.39, 0.29) is 5.41 Å². The van der Waals surface area contributed by atoms with Gasteiger partial charge in [-0.25, -0.2) is 0 Å². The van der Waals surface area contributed by atoms with Crippen LogP contribution in [-0.4, -0.2) is 0 Å². The van der Waals surface area contributed by atoms with Crippen LogP contribution in [0.4, 0.5) is 0 Å². The summed E-state index contributed by atoms with van der Waals surface area (Å²) in [5.74, 6) is 0.793. The Hall–Kier alpha value is -0.490. The second kappa shape index (κ2) is 4.31. The van der Waals surface area contributed by atoms with Crippen molar-refractivity contribution in [3.05, 3.63) is 34.9 Å². The Labute approximate surface area is 110 Å². The van der Waals surface area contributed by atoms with Gasteiger partial charge < -0.3 is 0 Å². The zero-order chi connectivity index (χ0) is 12.7. The molecule has 0 unspecified atom stereocenters. The molecule has 0 radical (unpaired) electrons. The van der Waals surface area contributed by atoms with Crippen LogP contribution in [-0.2, 0) is 5.41 Å². The Kier molecular flexibility index (Phi) is 3.29. The molecule has 0 aromatic heterocycles. The zero-order valence-electron chi connectivity index (χ0n) is 11.4. The van der Waals surface area contributed by atoms with Gasteiger partial charge >= 0.3 is 0 Å². The molecule has 0 atom stereocenters. The summed E-state index contributed by atoms with van der Waals surface area (Å²) in [5.41, 5.74) is 2.19. The minimum atomic E-state index is 0.228. The third-order valence-corrected chi connectivity index (χ3v) is 4.75. The van der Waals surface area contributed by atoms with E-state index >= 15 is 0 Å². The summed E-state index contributed by atoms with van der Waals surface area (Å²) < 4.78 is 0. The summed E-state index contributed by atoms with van der Waals surface area (Å²) in [7, 11) is 0. The first-order valence-corrected chi connectivity index (χ1v) is 7.00. The summed E-state index contributed by atoms with van der Waals surface area (Å²) in [6.45, 7) is 9.42. The van der Waals surface area contributed by atoms with E-state index in [2.05, 4.69) is 45.9 Å². The van der Waals surface area contributed by atoms with Crippen molar-refractivity contribution in [1.29, 1.82) is 0 Å². The van der Waals surface area contributed by atoms with E-state index in [0.29, 0.717) is 5.41 Å². The third kappa shape index (κ3) is 2.68. The van der Waals surface area contributed by atoms with Gasteiger partial charge in [0.25, 0.3) is 0 Å². The fourth-order valence-electron chi connectivity index (χ4n) is 3.01. The largest absolute Gasteiger partial charge is 0.0843 e. The highest BCUT2D eigenvalue weighted by molar-refractivity contribution is 6.30. The maximum absolute atomic E-state index is 6.10. The molecule has 1 aromatic rings. The van der Waals surface area contributed by atoms with Crippen molar-refractivity contribution >= 4 is 11.6 Å². The Morgan fingerprint density at radius 3 is 2.41 bits per heavy atom. The Balaban J connectivity index is 2.19. The molecule has 1 aliphatic carbocycles. The van der Waals surface area contributed by atoms with Crippen molar-refractivity contribution in [2.75, 3.05) is 0 Å². The van der Waals surface area contributed by atoms with Gasteiger partial charge in [-0.2, -0.15) is 0 Å². The van der Waals surface area contributed by atoms with Gasteiger partial charge in [-0.1, -0.05) is 51.4 Å². The van der Waals surface area contributed by atoms with Crippen LogP contribution in [0.25, 0.3) is 0 Å². The van der Waals surface area contributed by atoms with E-state index in [1.165, 1.54) is 24.8 Å². The molecule has 0 bridgehead atoms. The molecule has 1 heteroatoms. The van der Waals surface area contributed by atoms with Gasteiger partial charge in [-0.15, -0.1) is 0 Å². The molecular weight excluding hydrogens is 228 g/mol. The average molecular weight is 251 g/mol. The van der Waals surface area contributed by atoms with Crippen molar-refractivity contribution in [2.24, 2.45) is 11.3 Å². The molecule has 0 amide bonds. The van der Waals surface area contributed by atoms with Crippen LogP contribution in [0.2, 0.25) is 5.02 Å². The molecule has 0 N–H and O–H groups in total. The summed E-state index contributed by atoms with van der Waals surface area (Å²) in [4.78, 5) is 0. The lowest BCUT2D eigenvalue weighted by Gasteiger charge is -2.32. The smallest absolute Gasteiger partial charge is 0.0408 e. The first-order valence-electron chi connectivity index (χ1n) is 6.62. The first-order chi connectivity index (χ1) is 7.86. The predicted octanol–water partition coefficient (Wildman–Crippen LogP) is 5.44. The van der Waals surface area contributed by atoms with Crippen molar-refractivity contribution < 1.29 is 0 Å². The van der Waals surface area contributed by atoms with Crippen LogP contribution < -0.4 is 0 Å². The average Bonchev–Trinajstić information content (AvgIpc) is 2.98. The van der Waals surface area contributed by atoms with Crippen molar-refractivity contribution in [1.82, 2.24) is 0 Å². The molecule has 0 heterocycles. The van der Waals surface area contributed by atoms with Crippen LogP contribution in [0, 0.1) is 11.3 Å². The van der Waals surface area contributed by atoms with E-state index in [4.69, 9.17) is 11.6 Å². The Morgan fingerprint density at radius 1 is 1.29 bits per heavy atom. The number of benzene rings is 1. The number of rotatable bonds is 4. The molecule has 0 saturated heterocycles. The van der Waals surface area contributed by atoms with Gasteiger partial charge in [0.2, 0.25) is 0 Å². The van der Waals surface area contributed by atoms with Gasteiger partial charge in [0, 0.05) is 5.02 Å². The molecule has 1 aliphatic rings. The van der Waals surface area contributed by atoms with E-state index in [1.807, 2.05) is 6.07 Å². The maximum Gasteiger partial charge on any atom is 0.0408 e. The number of hydrogen-bond acceptors (Lipinski definition) is 0. The highest BCUT2D eigenvalue weighted by Gasteiger charge is 2.48. The van der Waals surface area contributed by atoms with Crippen molar-refractivity contribution in [3.63, 3.8) is 0 Å². The quantitative estimate of drug-likeness (QED) is 0.667. The minimum absolute atomic E-state index is 0.228. The molecule has 1 fully saturated rings. The predicted molar refractivity (Wildman–Crippen MR) is 75.6 cm³/mol. The Bertz CT molecular complexity index is 400. The van der Waals surface area contributed by atoms with E-state index in [0.717, 1.165) is 10.9 Å². The number of hydrogen-bond donors (Lipinski definition) is 0. The molecule has 17 heavy (non-hydrogen) atoms. The molecule has 1 saturated carbocycles. The highest BCUT2D eigenvalue weighted by Crippen LogP contribution is 2.58. The molecule has 0 spiro atoms.